The first-order valence-corrected chi connectivity index (χ1v) is 17.4. The lowest BCUT2D eigenvalue weighted by Gasteiger charge is -2.25. The molecule has 15 heteroatoms. The minimum absolute atomic E-state index is 0.00786. The van der Waals surface area contributed by atoms with Crippen molar-refractivity contribution in [2.24, 2.45) is 34.5 Å². The predicted octanol–water partition coefficient (Wildman–Crippen LogP) is 1.60. The maximum Gasteiger partial charge on any atom is 0.311 e. The van der Waals surface area contributed by atoms with E-state index >= 15 is 0 Å². The molecule has 3 unspecified atom stereocenters. The van der Waals surface area contributed by atoms with Crippen LogP contribution < -0.4 is 5.32 Å². The topological polar surface area (TPSA) is 194 Å². The SMILES string of the molecule is CC(C)C(=O)OCCN1C(=O)CC(CCC(C)(C)C(=O)NCCN2C(=O)CC(CCC(C)(C)C(=O)OCCN3C(=O)CC(C)C3=O)C2=O)C1=O. The maximum absolute atomic E-state index is 13.1. The van der Waals surface area contributed by atoms with Gasteiger partial charge in [-0.2, -0.15) is 0 Å². The number of rotatable bonds is 18. The van der Waals surface area contributed by atoms with Crippen molar-refractivity contribution in [1.82, 2.24) is 20.0 Å². The van der Waals surface area contributed by atoms with Crippen molar-refractivity contribution < 1.29 is 52.6 Å². The fourth-order valence-electron chi connectivity index (χ4n) is 6.14. The molecule has 3 atom stereocenters. The summed E-state index contributed by atoms with van der Waals surface area (Å²) in [7, 11) is 0. The minimum atomic E-state index is -0.973. The highest BCUT2D eigenvalue weighted by Crippen LogP contribution is 2.33. The number of amides is 7. The monoisotopic (exact) mass is 704 g/mol. The highest BCUT2D eigenvalue weighted by Gasteiger charge is 2.42. The van der Waals surface area contributed by atoms with Gasteiger partial charge in [0.15, 0.2) is 0 Å². The van der Waals surface area contributed by atoms with Gasteiger partial charge < -0.3 is 14.8 Å². The van der Waals surface area contributed by atoms with Crippen LogP contribution in [0.1, 0.15) is 93.4 Å². The van der Waals surface area contributed by atoms with E-state index in [1.165, 1.54) is 0 Å². The first-order chi connectivity index (χ1) is 23.3. The number of hydrogen-bond acceptors (Lipinski definition) is 11. The molecule has 15 nitrogen and oxygen atoms in total. The molecule has 0 bridgehead atoms. The number of nitrogens with zero attached hydrogens (tertiary/aromatic N) is 3. The molecular weight excluding hydrogens is 652 g/mol. The fraction of sp³-hybridized carbons (Fsp3) is 0.743. The molecule has 0 radical (unpaired) electrons. The first kappa shape index (κ1) is 40.3. The van der Waals surface area contributed by atoms with E-state index < -0.39 is 34.6 Å². The Balaban J connectivity index is 1.38. The van der Waals surface area contributed by atoms with Crippen LogP contribution >= 0.6 is 0 Å². The van der Waals surface area contributed by atoms with E-state index in [-0.39, 0.29) is 125 Å². The minimum Gasteiger partial charge on any atom is -0.464 e. The van der Waals surface area contributed by atoms with E-state index in [2.05, 4.69) is 5.32 Å². The molecular formula is C35H52N4O11. The van der Waals surface area contributed by atoms with Crippen LogP contribution in [0.2, 0.25) is 0 Å². The Hall–Kier alpha value is -4.17. The highest BCUT2D eigenvalue weighted by molar-refractivity contribution is 6.04. The van der Waals surface area contributed by atoms with Gasteiger partial charge in [-0.1, -0.05) is 34.6 Å². The molecule has 3 rings (SSSR count). The lowest BCUT2D eigenvalue weighted by atomic mass is 9.83. The van der Waals surface area contributed by atoms with Gasteiger partial charge in [0, 0.05) is 55.5 Å². The van der Waals surface area contributed by atoms with Gasteiger partial charge in [0.05, 0.1) is 24.4 Å². The molecule has 0 aromatic heterocycles. The summed E-state index contributed by atoms with van der Waals surface area (Å²) in [5.41, 5.74) is -1.87. The zero-order valence-electron chi connectivity index (χ0n) is 30.3. The van der Waals surface area contributed by atoms with Gasteiger partial charge in [-0.15, -0.1) is 0 Å². The third-order valence-corrected chi connectivity index (χ3v) is 9.75. The summed E-state index contributed by atoms with van der Waals surface area (Å²) in [6.07, 6.45) is 1.32. The first-order valence-electron chi connectivity index (χ1n) is 17.4. The number of carbonyl (C=O) groups is 9. The van der Waals surface area contributed by atoms with Crippen molar-refractivity contribution in [3.05, 3.63) is 0 Å². The van der Waals surface area contributed by atoms with E-state index in [0.717, 1.165) is 14.7 Å². The van der Waals surface area contributed by atoms with Gasteiger partial charge in [-0.25, -0.2) is 0 Å². The highest BCUT2D eigenvalue weighted by atomic mass is 16.5. The number of imide groups is 3. The van der Waals surface area contributed by atoms with Crippen LogP contribution in [-0.2, 0) is 52.6 Å². The Morgan fingerprint density at radius 3 is 1.66 bits per heavy atom. The molecule has 3 aliphatic heterocycles. The standard InChI is InChI=1S/C35H52N4O11/c1-21(2)31(46)49-16-14-39-27(42)20-23(30(39)45)8-10-34(4,5)32(47)36-12-13-37-26(41)19-24(29(37)44)9-11-35(6,7)33(48)50-17-15-38-25(40)18-22(3)28(38)43/h21-24H,8-20H2,1-7H3,(H,36,47). The second-order valence-corrected chi connectivity index (χ2v) is 15.1. The van der Waals surface area contributed by atoms with Gasteiger partial charge in [0.25, 0.3) is 0 Å². The van der Waals surface area contributed by atoms with Crippen molar-refractivity contribution in [3.8, 4) is 0 Å². The van der Waals surface area contributed by atoms with Crippen molar-refractivity contribution in [1.29, 1.82) is 0 Å². The van der Waals surface area contributed by atoms with Crippen LogP contribution in [-0.4, -0.2) is 107 Å². The van der Waals surface area contributed by atoms with E-state index in [4.69, 9.17) is 9.47 Å². The largest absolute Gasteiger partial charge is 0.464 e. The Bertz CT molecular complexity index is 1390. The number of esters is 2. The molecule has 1 N–H and O–H groups in total. The number of nitrogens with one attached hydrogen (secondary N) is 1. The third kappa shape index (κ3) is 9.96. The smallest absolute Gasteiger partial charge is 0.311 e. The normalized spacial score (nSPS) is 21.6. The quantitative estimate of drug-likeness (QED) is 0.161. The fourth-order valence-corrected chi connectivity index (χ4v) is 6.14. The summed E-state index contributed by atoms with van der Waals surface area (Å²) in [6, 6.07) is 0. The van der Waals surface area contributed by atoms with Crippen LogP contribution in [0.5, 0.6) is 0 Å². The second-order valence-electron chi connectivity index (χ2n) is 15.1. The summed E-state index contributed by atoms with van der Waals surface area (Å²) in [5, 5.41) is 2.77. The van der Waals surface area contributed by atoms with E-state index in [9.17, 15) is 43.2 Å². The van der Waals surface area contributed by atoms with E-state index in [1.54, 1.807) is 48.5 Å². The van der Waals surface area contributed by atoms with Crippen molar-refractivity contribution >= 4 is 53.3 Å². The summed E-state index contributed by atoms with van der Waals surface area (Å²) < 4.78 is 10.4. The molecule has 3 saturated heterocycles. The van der Waals surface area contributed by atoms with Gasteiger partial charge in [0.2, 0.25) is 41.4 Å². The number of carbonyl (C=O) groups excluding carboxylic acids is 9. The molecule has 0 aromatic carbocycles. The Kier molecular flexibility index (Phi) is 13.4. The lowest BCUT2D eigenvalue weighted by molar-refractivity contribution is -0.157. The molecule has 50 heavy (non-hydrogen) atoms. The maximum atomic E-state index is 13.1. The summed E-state index contributed by atoms with van der Waals surface area (Å²) in [4.78, 5) is 116. The van der Waals surface area contributed by atoms with Crippen LogP contribution in [0.15, 0.2) is 0 Å². The van der Waals surface area contributed by atoms with Crippen molar-refractivity contribution in [2.75, 3.05) is 39.4 Å². The third-order valence-electron chi connectivity index (χ3n) is 9.75. The molecule has 7 amide bonds. The zero-order valence-corrected chi connectivity index (χ0v) is 30.3. The van der Waals surface area contributed by atoms with Gasteiger partial charge in [-0.05, 0) is 39.5 Å². The average molecular weight is 705 g/mol. The van der Waals surface area contributed by atoms with Crippen LogP contribution in [0, 0.1) is 34.5 Å². The molecule has 3 fully saturated rings. The Morgan fingerprint density at radius 2 is 1.16 bits per heavy atom. The molecule has 3 aliphatic rings. The van der Waals surface area contributed by atoms with Crippen LogP contribution in [0.4, 0.5) is 0 Å². The van der Waals surface area contributed by atoms with Gasteiger partial charge in [-0.3, -0.25) is 57.9 Å². The summed E-state index contributed by atoms with van der Waals surface area (Å²) in [5.74, 6) is -5.17. The number of ether oxygens (including phenoxy) is 2. The Labute approximate surface area is 293 Å². The molecule has 0 saturated carbocycles. The molecule has 0 spiro atoms. The second kappa shape index (κ2) is 16.7. The zero-order chi connectivity index (χ0) is 37.6. The van der Waals surface area contributed by atoms with Crippen LogP contribution in [0.3, 0.4) is 0 Å². The molecule has 0 aromatic rings. The molecule has 0 aliphatic carbocycles. The summed E-state index contributed by atoms with van der Waals surface area (Å²) in [6.45, 7) is 11.6. The number of likely N-dealkylation sites (tertiary alicyclic amines) is 3. The molecule has 3 heterocycles. The van der Waals surface area contributed by atoms with E-state index in [0.29, 0.717) is 12.8 Å². The van der Waals surface area contributed by atoms with Crippen LogP contribution in [0.25, 0.3) is 0 Å². The Morgan fingerprint density at radius 1 is 0.700 bits per heavy atom. The number of hydrogen-bond donors (Lipinski definition) is 1. The van der Waals surface area contributed by atoms with E-state index in [1.807, 2.05) is 0 Å². The van der Waals surface area contributed by atoms with Crippen molar-refractivity contribution in [2.45, 2.75) is 93.4 Å². The summed E-state index contributed by atoms with van der Waals surface area (Å²) >= 11 is 0. The van der Waals surface area contributed by atoms with Crippen molar-refractivity contribution in [3.63, 3.8) is 0 Å². The molecule has 278 valence electrons. The lowest BCUT2D eigenvalue weighted by Crippen LogP contribution is -2.43. The van der Waals surface area contributed by atoms with Gasteiger partial charge in [0.1, 0.15) is 13.2 Å². The predicted molar refractivity (Wildman–Crippen MR) is 176 cm³/mol. The average Bonchev–Trinajstić information content (AvgIpc) is 3.57. The van der Waals surface area contributed by atoms with Gasteiger partial charge >= 0.3 is 11.9 Å².